The largest absolute Gasteiger partial charge is 0.416 e. The summed E-state index contributed by atoms with van der Waals surface area (Å²) in [6.45, 7) is 1.71. The lowest BCUT2D eigenvalue weighted by Gasteiger charge is -2.23. The molecule has 18 heavy (non-hydrogen) atoms. The number of aryl methyl sites for hydroxylation is 1. The van der Waals surface area contributed by atoms with E-state index in [2.05, 4.69) is 12.2 Å². The highest BCUT2D eigenvalue weighted by Gasteiger charge is 2.41. The topological polar surface area (TPSA) is 0 Å². The number of halogens is 3. The van der Waals surface area contributed by atoms with Crippen molar-refractivity contribution in [3.63, 3.8) is 0 Å². The van der Waals surface area contributed by atoms with E-state index in [4.69, 9.17) is 0 Å². The van der Waals surface area contributed by atoms with Crippen molar-refractivity contribution in [2.75, 3.05) is 0 Å². The molecule has 1 saturated carbocycles. The van der Waals surface area contributed by atoms with Crippen molar-refractivity contribution >= 4 is 0 Å². The van der Waals surface area contributed by atoms with Gasteiger partial charge < -0.3 is 0 Å². The van der Waals surface area contributed by atoms with Gasteiger partial charge in [0.15, 0.2) is 0 Å². The van der Waals surface area contributed by atoms with Crippen LogP contribution in [-0.4, -0.2) is 0 Å². The number of fused-ring (bicyclic) bond motifs is 2. The zero-order valence-corrected chi connectivity index (χ0v) is 10.2. The summed E-state index contributed by atoms with van der Waals surface area (Å²) in [7, 11) is 0. The second-order valence-corrected chi connectivity index (χ2v) is 5.48. The molecule has 3 unspecified atom stereocenters. The first-order chi connectivity index (χ1) is 8.45. The van der Waals surface area contributed by atoms with Gasteiger partial charge >= 0.3 is 6.18 Å². The molecule has 0 N–H and O–H groups in total. The molecular weight excluding hydrogens is 237 g/mol. The first-order valence-electron chi connectivity index (χ1n) is 6.31. The van der Waals surface area contributed by atoms with Gasteiger partial charge in [-0.05, 0) is 49.1 Å². The molecule has 3 rings (SSSR count). The Morgan fingerprint density at radius 3 is 2.44 bits per heavy atom. The SMILES string of the molecule is Cc1ccc(C2CC3C=CC2C3)c(C(F)(F)F)c1. The van der Waals surface area contributed by atoms with Gasteiger partial charge in [-0.3, -0.25) is 0 Å². The Balaban J connectivity index is 2.04. The van der Waals surface area contributed by atoms with Gasteiger partial charge in [-0.15, -0.1) is 0 Å². The minimum Gasteiger partial charge on any atom is -0.166 e. The Labute approximate surface area is 105 Å². The number of rotatable bonds is 1. The third-order valence-corrected chi connectivity index (χ3v) is 4.19. The third kappa shape index (κ3) is 1.86. The molecule has 0 saturated heterocycles. The van der Waals surface area contributed by atoms with Crippen molar-refractivity contribution in [1.29, 1.82) is 0 Å². The van der Waals surface area contributed by atoms with Crippen LogP contribution < -0.4 is 0 Å². The fraction of sp³-hybridized carbons (Fsp3) is 0.467. The summed E-state index contributed by atoms with van der Waals surface area (Å²) in [5.41, 5.74) is 0.725. The molecule has 1 aromatic carbocycles. The van der Waals surface area contributed by atoms with Crippen LogP contribution in [0.2, 0.25) is 0 Å². The van der Waals surface area contributed by atoms with Crippen molar-refractivity contribution in [3.05, 3.63) is 47.0 Å². The number of allylic oxidation sites excluding steroid dienone is 2. The van der Waals surface area contributed by atoms with Crippen LogP contribution in [0.15, 0.2) is 30.4 Å². The van der Waals surface area contributed by atoms with Crippen molar-refractivity contribution in [2.24, 2.45) is 11.8 Å². The molecule has 3 atom stereocenters. The van der Waals surface area contributed by atoms with Gasteiger partial charge in [0, 0.05) is 0 Å². The normalized spacial score (nSPS) is 30.1. The molecular formula is C15H15F3. The van der Waals surface area contributed by atoms with Crippen LogP contribution in [0, 0.1) is 18.8 Å². The molecule has 96 valence electrons. The van der Waals surface area contributed by atoms with E-state index in [1.165, 1.54) is 6.07 Å². The molecule has 2 bridgehead atoms. The second kappa shape index (κ2) is 3.87. The molecule has 0 aliphatic heterocycles. The predicted molar refractivity (Wildman–Crippen MR) is 64.3 cm³/mol. The molecule has 2 aliphatic rings. The van der Waals surface area contributed by atoms with Gasteiger partial charge in [0.2, 0.25) is 0 Å². The Morgan fingerprint density at radius 1 is 1.11 bits per heavy atom. The lowest BCUT2D eigenvalue weighted by Crippen LogP contribution is -2.15. The Hall–Kier alpha value is -1.25. The smallest absolute Gasteiger partial charge is 0.166 e. The number of benzene rings is 1. The summed E-state index contributed by atoms with van der Waals surface area (Å²) < 4.78 is 39.3. The van der Waals surface area contributed by atoms with Gasteiger partial charge in [0.05, 0.1) is 5.56 Å². The summed E-state index contributed by atoms with van der Waals surface area (Å²) >= 11 is 0. The summed E-state index contributed by atoms with van der Waals surface area (Å²) in [6, 6.07) is 4.75. The van der Waals surface area contributed by atoms with Crippen molar-refractivity contribution in [3.8, 4) is 0 Å². The van der Waals surface area contributed by atoms with Crippen LogP contribution in [0.5, 0.6) is 0 Å². The maximum absolute atomic E-state index is 13.1. The van der Waals surface area contributed by atoms with Crippen molar-refractivity contribution in [2.45, 2.75) is 31.9 Å². The number of alkyl halides is 3. The van der Waals surface area contributed by atoms with E-state index in [0.29, 0.717) is 23.0 Å². The Bertz CT molecular complexity index is 499. The minimum absolute atomic E-state index is 0.0530. The van der Waals surface area contributed by atoms with E-state index in [1.807, 2.05) is 0 Å². The van der Waals surface area contributed by atoms with E-state index in [9.17, 15) is 13.2 Å². The second-order valence-electron chi connectivity index (χ2n) is 5.48. The van der Waals surface area contributed by atoms with E-state index in [0.717, 1.165) is 12.8 Å². The van der Waals surface area contributed by atoms with E-state index < -0.39 is 11.7 Å². The van der Waals surface area contributed by atoms with Gasteiger partial charge in [0.25, 0.3) is 0 Å². The standard InChI is InChI=1S/C15H15F3/c1-9-2-5-12(14(6-9)15(16,17)18)13-8-10-3-4-11(13)7-10/h2-6,10-11,13H,7-8H2,1H3. The molecule has 2 aliphatic carbocycles. The highest BCUT2D eigenvalue weighted by atomic mass is 19.4. The lowest BCUT2D eigenvalue weighted by molar-refractivity contribution is -0.138. The molecule has 0 spiro atoms. The minimum atomic E-state index is -4.24. The first kappa shape index (κ1) is 11.8. The average molecular weight is 252 g/mol. The summed E-state index contributed by atoms with van der Waals surface area (Å²) in [6.07, 6.45) is 1.90. The zero-order chi connectivity index (χ0) is 12.9. The third-order valence-electron chi connectivity index (χ3n) is 4.19. The molecule has 3 heteroatoms. The highest BCUT2D eigenvalue weighted by Crippen LogP contribution is 2.51. The number of hydrogen-bond donors (Lipinski definition) is 0. The molecule has 1 fully saturated rings. The quantitative estimate of drug-likeness (QED) is 0.636. The van der Waals surface area contributed by atoms with Gasteiger partial charge in [0.1, 0.15) is 0 Å². The predicted octanol–water partition coefficient (Wildman–Crippen LogP) is 4.69. The highest BCUT2D eigenvalue weighted by molar-refractivity contribution is 5.39. The average Bonchev–Trinajstić information content (AvgIpc) is 2.89. The van der Waals surface area contributed by atoms with Crippen LogP contribution in [0.25, 0.3) is 0 Å². The number of hydrogen-bond acceptors (Lipinski definition) is 0. The van der Waals surface area contributed by atoms with Crippen LogP contribution in [-0.2, 0) is 6.18 Å². The zero-order valence-electron chi connectivity index (χ0n) is 10.2. The molecule has 0 nitrogen and oxygen atoms in total. The molecule has 0 amide bonds. The van der Waals surface area contributed by atoms with E-state index >= 15 is 0 Å². The summed E-state index contributed by atoms with van der Waals surface area (Å²) in [5.74, 6) is 0.846. The molecule has 0 radical (unpaired) electrons. The van der Waals surface area contributed by atoms with Gasteiger partial charge in [-0.25, -0.2) is 0 Å². The van der Waals surface area contributed by atoms with E-state index in [-0.39, 0.29) is 5.92 Å². The molecule has 1 aromatic rings. The maximum atomic E-state index is 13.1. The van der Waals surface area contributed by atoms with Gasteiger partial charge in [-0.1, -0.05) is 29.8 Å². The fourth-order valence-corrected chi connectivity index (χ4v) is 3.38. The van der Waals surface area contributed by atoms with E-state index in [1.54, 1.807) is 19.1 Å². The Morgan fingerprint density at radius 2 is 1.89 bits per heavy atom. The maximum Gasteiger partial charge on any atom is 0.416 e. The van der Waals surface area contributed by atoms with Crippen LogP contribution in [0.4, 0.5) is 13.2 Å². The molecule has 0 heterocycles. The van der Waals surface area contributed by atoms with Crippen molar-refractivity contribution < 1.29 is 13.2 Å². The molecule has 0 aromatic heterocycles. The van der Waals surface area contributed by atoms with Crippen LogP contribution in [0.3, 0.4) is 0 Å². The lowest BCUT2D eigenvalue weighted by atomic mass is 9.83. The summed E-state index contributed by atoms with van der Waals surface area (Å²) in [5, 5.41) is 0. The fourth-order valence-electron chi connectivity index (χ4n) is 3.38. The van der Waals surface area contributed by atoms with Crippen LogP contribution >= 0.6 is 0 Å². The van der Waals surface area contributed by atoms with Crippen molar-refractivity contribution in [1.82, 2.24) is 0 Å². The first-order valence-corrected chi connectivity index (χ1v) is 6.31. The Kier molecular flexibility index (Phi) is 2.54. The summed E-state index contributed by atoms with van der Waals surface area (Å²) in [4.78, 5) is 0. The van der Waals surface area contributed by atoms with Crippen LogP contribution in [0.1, 0.15) is 35.4 Å². The van der Waals surface area contributed by atoms with Gasteiger partial charge in [-0.2, -0.15) is 13.2 Å². The monoisotopic (exact) mass is 252 g/mol.